The number of hydrogen-bond donors (Lipinski definition) is 1. The molecule has 0 bridgehead atoms. The second kappa shape index (κ2) is 6.31. The highest BCUT2D eigenvalue weighted by Crippen LogP contribution is 2.14. The van der Waals surface area contributed by atoms with E-state index in [1.54, 1.807) is 6.07 Å². The minimum absolute atomic E-state index is 0.140. The van der Waals surface area contributed by atoms with Crippen LogP contribution in [-0.2, 0) is 6.54 Å². The Morgan fingerprint density at radius 3 is 2.68 bits per heavy atom. The minimum Gasteiger partial charge on any atom is -0.354 e. The number of nitrogens with one attached hydrogen (secondary N) is 1. The molecule has 0 radical (unpaired) electrons. The predicted molar refractivity (Wildman–Crippen MR) is 86.9 cm³/mol. The van der Waals surface area contributed by atoms with E-state index in [0.717, 1.165) is 37.2 Å². The highest BCUT2D eigenvalue weighted by atomic mass is 19.1. The first kappa shape index (κ1) is 14.8. The Morgan fingerprint density at radius 1 is 1.23 bits per heavy atom. The molecule has 1 aromatic heterocycles. The Balaban J connectivity index is 1.61. The van der Waals surface area contributed by atoms with E-state index in [2.05, 4.69) is 19.8 Å². The minimum atomic E-state index is -0.144. The van der Waals surface area contributed by atoms with Crippen molar-refractivity contribution in [2.75, 3.05) is 31.1 Å². The molecule has 5 nitrogen and oxygen atoms in total. The largest absolute Gasteiger partial charge is 0.354 e. The Kier molecular flexibility index (Phi) is 4.24. The summed E-state index contributed by atoms with van der Waals surface area (Å²) in [5.74, 6) is 0.559. The van der Waals surface area contributed by atoms with Gasteiger partial charge in [-0.05, 0) is 6.07 Å². The van der Waals surface area contributed by atoms with Crippen LogP contribution < -0.4 is 15.9 Å². The van der Waals surface area contributed by atoms with Crippen molar-refractivity contribution in [3.63, 3.8) is 0 Å². The van der Waals surface area contributed by atoms with Gasteiger partial charge in [0.2, 0.25) is 0 Å². The maximum atomic E-state index is 13.9. The van der Waals surface area contributed by atoms with Gasteiger partial charge in [-0.15, -0.1) is 0 Å². The Labute approximate surface area is 129 Å². The van der Waals surface area contributed by atoms with Gasteiger partial charge < -0.3 is 9.88 Å². The summed E-state index contributed by atoms with van der Waals surface area (Å²) in [5, 5.41) is 0. The first-order chi connectivity index (χ1) is 10.6. The molecule has 0 spiro atoms. The summed E-state index contributed by atoms with van der Waals surface area (Å²) in [7, 11) is 1.89. The third-order valence-corrected chi connectivity index (χ3v) is 3.96. The number of rotatable bonds is 3. The van der Waals surface area contributed by atoms with Crippen LogP contribution in [0.1, 0.15) is 5.56 Å². The number of nitrogens with zero attached hydrogens (tertiary/aromatic N) is 3. The molecule has 0 amide bonds. The molecule has 7 heteroatoms. The monoisotopic (exact) mass is 300 g/mol. The summed E-state index contributed by atoms with van der Waals surface area (Å²) in [6.45, 7) is 3.82. The van der Waals surface area contributed by atoms with Gasteiger partial charge in [-0.1, -0.05) is 17.6 Å². The van der Waals surface area contributed by atoms with Crippen LogP contribution in [0.25, 0.3) is 0 Å². The van der Waals surface area contributed by atoms with Gasteiger partial charge >= 0.3 is 0 Å². The molecule has 1 aliphatic rings. The number of benzene rings is 1. The van der Waals surface area contributed by atoms with Gasteiger partial charge in [-0.2, -0.15) is 0 Å². The average Bonchev–Trinajstić information content (AvgIpc) is 2.51. The van der Waals surface area contributed by atoms with Crippen LogP contribution >= 0.6 is 0 Å². The third-order valence-electron chi connectivity index (χ3n) is 3.96. The molecule has 0 atom stereocenters. The van der Waals surface area contributed by atoms with Crippen molar-refractivity contribution in [2.45, 2.75) is 6.54 Å². The molecule has 0 saturated carbocycles. The topological polar surface area (TPSA) is 52.2 Å². The van der Waals surface area contributed by atoms with Crippen molar-refractivity contribution < 1.29 is 4.39 Å². The normalized spacial score (nSPS) is 16.0. The van der Waals surface area contributed by atoms with Crippen molar-refractivity contribution in [3.8, 4) is 0 Å². The van der Waals surface area contributed by atoms with Crippen molar-refractivity contribution in [3.05, 3.63) is 52.3 Å². The lowest BCUT2D eigenvalue weighted by molar-refractivity contribution is 0.246. The summed E-state index contributed by atoms with van der Waals surface area (Å²) in [6, 6.07) is 6.88. The maximum absolute atomic E-state index is 13.9. The van der Waals surface area contributed by atoms with Crippen LogP contribution in [-0.4, -0.2) is 48.9 Å². The van der Waals surface area contributed by atoms with Crippen LogP contribution in [0.15, 0.2) is 35.4 Å². The zero-order valence-corrected chi connectivity index (χ0v) is 12.6. The molecule has 1 aliphatic heterocycles. The van der Waals surface area contributed by atoms with E-state index in [-0.39, 0.29) is 11.4 Å². The lowest BCUT2D eigenvalue weighted by Crippen LogP contribution is -2.46. The fraction of sp³-hybridized carbons (Fsp3) is 0.333. The molecule has 0 aliphatic carbocycles. The van der Waals surface area contributed by atoms with Gasteiger partial charge in [-0.3, -0.25) is 9.69 Å². The summed E-state index contributed by atoms with van der Waals surface area (Å²) >= 11 is 0. The number of aromatic nitrogens is 2. The van der Waals surface area contributed by atoms with E-state index >= 15 is 0 Å². The SMILES string of the molecule is Bc1ccc(CN2CCN(c3cc(=O)[nH]cn3)CC2)c(F)c1. The number of hydrogen-bond acceptors (Lipinski definition) is 4. The molecule has 1 N–H and O–H groups in total. The second-order valence-corrected chi connectivity index (χ2v) is 5.63. The molecule has 0 unspecified atom stereocenters. The van der Waals surface area contributed by atoms with Gasteiger partial charge in [0.25, 0.3) is 5.56 Å². The van der Waals surface area contributed by atoms with Gasteiger partial charge in [-0.25, -0.2) is 9.37 Å². The average molecular weight is 300 g/mol. The van der Waals surface area contributed by atoms with Gasteiger partial charge in [0.05, 0.1) is 6.33 Å². The van der Waals surface area contributed by atoms with E-state index in [4.69, 9.17) is 0 Å². The van der Waals surface area contributed by atoms with Crippen LogP contribution in [0.2, 0.25) is 0 Å². The standard InChI is InChI=1S/C15H18BFN4O/c16-12-2-1-11(13(17)7-12)9-20-3-5-21(6-4-20)14-8-15(22)19-10-18-14/h1-2,7-8,10H,3-6,9,16H2,(H,18,19,22). The molecule has 1 saturated heterocycles. The van der Waals surface area contributed by atoms with Crippen molar-refractivity contribution in [1.82, 2.24) is 14.9 Å². The van der Waals surface area contributed by atoms with Gasteiger partial charge in [0, 0.05) is 44.4 Å². The molecular formula is C15H18BFN4O. The molecule has 2 heterocycles. The number of halogens is 1. The van der Waals surface area contributed by atoms with Crippen LogP contribution in [0.5, 0.6) is 0 Å². The summed E-state index contributed by atoms with van der Waals surface area (Å²) in [4.78, 5) is 22.3. The van der Waals surface area contributed by atoms with Crippen LogP contribution in [0.3, 0.4) is 0 Å². The van der Waals surface area contributed by atoms with Gasteiger partial charge in [0.1, 0.15) is 19.5 Å². The molecule has 2 aromatic rings. The van der Waals surface area contributed by atoms with E-state index in [9.17, 15) is 9.18 Å². The molecule has 22 heavy (non-hydrogen) atoms. The maximum Gasteiger partial charge on any atom is 0.252 e. The highest BCUT2D eigenvalue weighted by molar-refractivity contribution is 6.32. The fourth-order valence-electron chi connectivity index (χ4n) is 2.69. The quantitative estimate of drug-likeness (QED) is 0.776. The van der Waals surface area contributed by atoms with E-state index in [1.807, 2.05) is 20.0 Å². The zero-order chi connectivity index (χ0) is 15.5. The van der Waals surface area contributed by atoms with E-state index in [0.29, 0.717) is 12.4 Å². The fourth-order valence-corrected chi connectivity index (χ4v) is 2.69. The first-order valence-corrected chi connectivity index (χ1v) is 7.39. The number of H-pyrrole nitrogens is 1. The molecule has 114 valence electrons. The first-order valence-electron chi connectivity index (χ1n) is 7.39. The van der Waals surface area contributed by atoms with E-state index < -0.39 is 0 Å². The summed E-state index contributed by atoms with van der Waals surface area (Å²) < 4.78 is 13.9. The van der Waals surface area contributed by atoms with Crippen molar-refractivity contribution in [2.24, 2.45) is 0 Å². The Hall–Kier alpha value is -2.15. The molecule has 1 fully saturated rings. The molecule has 1 aromatic carbocycles. The smallest absolute Gasteiger partial charge is 0.252 e. The Morgan fingerprint density at radius 2 is 2.00 bits per heavy atom. The third kappa shape index (κ3) is 3.36. The lowest BCUT2D eigenvalue weighted by atomic mass is 9.95. The summed E-state index contributed by atoms with van der Waals surface area (Å²) in [6.07, 6.45) is 1.42. The highest BCUT2D eigenvalue weighted by Gasteiger charge is 2.19. The second-order valence-electron chi connectivity index (χ2n) is 5.63. The number of aromatic amines is 1. The predicted octanol–water partition coefficient (Wildman–Crippen LogP) is -0.510. The van der Waals surface area contributed by atoms with Crippen LogP contribution in [0.4, 0.5) is 10.2 Å². The van der Waals surface area contributed by atoms with Crippen molar-refractivity contribution in [1.29, 1.82) is 0 Å². The van der Waals surface area contributed by atoms with Crippen molar-refractivity contribution >= 4 is 19.1 Å². The summed E-state index contributed by atoms with van der Waals surface area (Å²) in [5.41, 5.74) is 1.52. The molecular weight excluding hydrogens is 282 g/mol. The van der Waals surface area contributed by atoms with Crippen LogP contribution in [0, 0.1) is 5.82 Å². The zero-order valence-electron chi connectivity index (χ0n) is 12.6. The number of anilines is 1. The lowest BCUT2D eigenvalue weighted by Gasteiger charge is -2.35. The molecule has 3 rings (SSSR count). The van der Waals surface area contributed by atoms with E-state index in [1.165, 1.54) is 12.4 Å². The number of piperazine rings is 1. The van der Waals surface area contributed by atoms with Gasteiger partial charge in [0.15, 0.2) is 0 Å². The Bertz CT molecular complexity index is 713.